The van der Waals surface area contributed by atoms with Crippen molar-refractivity contribution in [1.82, 2.24) is 19.7 Å². The lowest BCUT2D eigenvalue weighted by molar-refractivity contribution is 0.0187. The lowest BCUT2D eigenvalue weighted by Crippen LogP contribution is -2.42. The molecule has 0 aliphatic carbocycles. The molecule has 0 radical (unpaired) electrons. The van der Waals surface area contributed by atoms with Gasteiger partial charge in [0.2, 0.25) is 0 Å². The van der Waals surface area contributed by atoms with E-state index in [4.69, 9.17) is 4.74 Å². The normalized spacial score (nSPS) is 23.2. The summed E-state index contributed by atoms with van der Waals surface area (Å²) in [6, 6.07) is 4.05. The van der Waals surface area contributed by atoms with Crippen LogP contribution < -0.4 is 5.32 Å². The van der Waals surface area contributed by atoms with E-state index in [0.29, 0.717) is 25.3 Å². The fourth-order valence-corrected chi connectivity index (χ4v) is 5.13. The smallest absolute Gasteiger partial charge is 0.410 e. The molecule has 0 aromatic carbocycles. The van der Waals surface area contributed by atoms with Crippen LogP contribution in [-0.2, 0) is 4.74 Å². The van der Waals surface area contributed by atoms with E-state index in [9.17, 15) is 9.59 Å². The second-order valence-corrected chi connectivity index (χ2v) is 10.8. The van der Waals surface area contributed by atoms with Crippen LogP contribution in [0, 0.1) is 11.8 Å². The van der Waals surface area contributed by atoms with Crippen LogP contribution in [0.15, 0.2) is 18.3 Å². The van der Waals surface area contributed by atoms with E-state index < -0.39 is 5.60 Å². The first kappa shape index (κ1) is 24.6. The van der Waals surface area contributed by atoms with Crippen molar-refractivity contribution < 1.29 is 14.3 Å². The summed E-state index contributed by atoms with van der Waals surface area (Å²) in [6.45, 7) is 15.7. The van der Waals surface area contributed by atoms with E-state index in [1.54, 1.807) is 4.90 Å². The van der Waals surface area contributed by atoms with Crippen LogP contribution in [0.3, 0.4) is 0 Å². The Hall–Kier alpha value is -2.02. The van der Waals surface area contributed by atoms with Crippen LogP contribution in [0.4, 0.5) is 4.79 Å². The van der Waals surface area contributed by atoms with Crippen molar-refractivity contribution in [3.8, 4) is 0 Å². The number of amides is 2. The number of hydrogen-bond acceptors (Lipinski definition) is 4. The summed E-state index contributed by atoms with van der Waals surface area (Å²) in [5, 5.41) is 3.11. The summed E-state index contributed by atoms with van der Waals surface area (Å²) in [7, 11) is 0. The number of rotatable bonds is 6. The van der Waals surface area contributed by atoms with Crippen LogP contribution in [0.2, 0.25) is 0 Å². The Bertz CT molecular complexity index is 751. The molecule has 180 valence electrons. The third-order valence-electron chi connectivity index (χ3n) is 6.40. The van der Waals surface area contributed by atoms with E-state index in [1.807, 2.05) is 39.1 Å². The fraction of sp³-hybridized carbons (Fsp3) is 0.760. The topological polar surface area (TPSA) is 66.8 Å². The van der Waals surface area contributed by atoms with Crippen molar-refractivity contribution in [1.29, 1.82) is 0 Å². The van der Waals surface area contributed by atoms with Gasteiger partial charge in [0.1, 0.15) is 11.3 Å². The van der Waals surface area contributed by atoms with Crippen molar-refractivity contribution in [2.75, 3.05) is 39.3 Å². The predicted octanol–water partition coefficient (Wildman–Crippen LogP) is 4.16. The first-order valence-electron chi connectivity index (χ1n) is 12.3. The monoisotopic (exact) mass is 446 g/mol. The Labute approximate surface area is 193 Å². The molecule has 7 nitrogen and oxygen atoms in total. The molecule has 1 aromatic heterocycles. The first-order chi connectivity index (χ1) is 15.1. The number of carbonyl (C=O) groups is 2. The van der Waals surface area contributed by atoms with Crippen molar-refractivity contribution in [3.63, 3.8) is 0 Å². The molecule has 2 saturated heterocycles. The number of nitrogens with one attached hydrogen (secondary N) is 1. The highest BCUT2D eigenvalue weighted by Gasteiger charge is 2.28. The minimum Gasteiger partial charge on any atom is -0.444 e. The molecule has 2 aliphatic heterocycles. The second-order valence-electron chi connectivity index (χ2n) is 10.8. The lowest BCUT2D eigenvalue weighted by atomic mass is 9.92. The van der Waals surface area contributed by atoms with Crippen LogP contribution in [0.5, 0.6) is 0 Å². The lowest BCUT2D eigenvalue weighted by Gasteiger charge is -2.35. The standard InChI is InChI=1S/C25H42N4O3/c1-19-16-20(2)18-27(17-19)12-7-11-26-23(30)22-8-6-13-29(22)21-9-14-28(15-10-21)24(31)32-25(3,4)5/h6,8,13,19-21H,7,9-12,14-18H2,1-5H3,(H,26,30). The van der Waals surface area contributed by atoms with Gasteiger partial charge in [-0.1, -0.05) is 13.8 Å². The molecule has 32 heavy (non-hydrogen) atoms. The zero-order chi connectivity index (χ0) is 23.3. The molecule has 1 aromatic rings. The Morgan fingerprint density at radius 3 is 2.41 bits per heavy atom. The molecule has 2 atom stereocenters. The van der Waals surface area contributed by atoms with E-state index >= 15 is 0 Å². The fourth-order valence-electron chi connectivity index (χ4n) is 5.13. The Morgan fingerprint density at radius 1 is 1.12 bits per heavy atom. The van der Waals surface area contributed by atoms with Crippen LogP contribution in [0.1, 0.15) is 76.8 Å². The maximum Gasteiger partial charge on any atom is 0.410 e. The number of ether oxygens (including phenoxy) is 1. The molecule has 0 spiro atoms. The molecule has 3 rings (SSSR count). The molecular weight excluding hydrogens is 404 g/mol. The third-order valence-corrected chi connectivity index (χ3v) is 6.40. The number of likely N-dealkylation sites (tertiary alicyclic amines) is 2. The molecule has 1 N–H and O–H groups in total. The van der Waals surface area contributed by atoms with Crippen molar-refractivity contribution >= 4 is 12.0 Å². The molecule has 0 bridgehead atoms. The zero-order valence-corrected chi connectivity index (χ0v) is 20.6. The van der Waals surface area contributed by atoms with Gasteiger partial charge in [0, 0.05) is 45.0 Å². The van der Waals surface area contributed by atoms with Gasteiger partial charge in [-0.25, -0.2) is 4.79 Å². The van der Waals surface area contributed by atoms with Gasteiger partial charge in [0.05, 0.1) is 0 Å². The highest BCUT2D eigenvalue weighted by Crippen LogP contribution is 2.26. The first-order valence-corrected chi connectivity index (χ1v) is 12.3. The van der Waals surface area contributed by atoms with Crippen molar-refractivity contribution in [2.24, 2.45) is 11.8 Å². The van der Waals surface area contributed by atoms with Gasteiger partial charge in [-0.3, -0.25) is 4.79 Å². The Balaban J connectivity index is 1.44. The van der Waals surface area contributed by atoms with Gasteiger partial charge < -0.3 is 24.4 Å². The van der Waals surface area contributed by atoms with Gasteiger partial charge in [0.15, 0.2) is 0 Å². The van der Waals surface area contributed by atoms with E-state index in [0.717, 1.165) is 37.6 Å². The van der Waals surface area contributed by atoms with Crippen LogP contribution in [-0.4, -0.2) is 71.2 Å². The van der Waals surface area contributed by atoms with E-state index in [1.165, 1.54) is 19.5 Å². The Kier molecular flexibility index (Phi) is 8.26. The predicted molar refractivity (Wildman–Crippen MR) is 127 cm³/mol. The average Bonchev–Trinajstić information content (AvgIpc) is 3.19. The number of carbonyl (C=O) groups excluding carboxylic acids is 2. The van der Waals surface area contributed by atoms with Crippen LogP contribution in [0.25, 0.3) is 0 Å². The summed E-state index contributed by atoms with van der Waals surface area (Å²) in [6.07, 6.45) is 5.67. The molecule has 7 heteroatoms. The number of piperidine rings is 2. The quantitative estimate of drug-likeness (QED) is 0.667. The molecule has 2 unspecified atom stereocenters. The minimum absolute atomic E-state index is 0.00930. The van der Waals surface area contributed by atoms with Gasteiger partial charge in [0.25, 0.3) is 5.91 Å². The summed E-state index contributed by atoms with van der Waals surface area (Å²) < 4.78 is 7.57. The highest BCUT2D eigenvalue weighted by molar-refractivity contribution is 5.92. The maximum atomic E-state index is 12.8. The molecule has 0 saturated carbocycles. The molecule has 2 fully saturated rings. The average molecular weight is 447 g/mol. The van der Waals surface area contributed by atoms with E-state index in [2.05, 4.69) is 28.6 Å². The maximum absolute atomic E-state index is 12.8. The minimum atomic E-state index is -0.482. The summed E-state index contributed by atoms with van der Waals surface area (Å²) >= 11 is 0. The van der Waals surface area contributed by atoms with Gasteiger partial charge in [-0.2, -0.15) is 0 Å². The van der Waals surface area contributed by atoms with Crippen LogP contribution >= 0.6 is 0 Å². The SMILES string of the molecule is CC1CC(C)CN(CCCNC(=O)c2cccn2C2CCN(C(=O)OC(C)(C)C)CC2)C1. The van der Waals surface area contributed by atoms with Gasteiger partial charge in [-0.15, -0.1) is 0 Å². The molecule has 2 aliphatic rings. The number of aromatic nitrogens is 1. The zero-order valence-electron chi connectivity index (χ0n) is 20.6. The van der Waals surface area contributed by atoms with Crippen molar-refractivity contribution in [3.05, 3.63) is 24.0 Å². The van der Waals surface area contributed by atoms with E-state index in [-0.39, 0.29) is 18.0 Å². The third kappa shape index (κ3) is 6.99. The largest absolute Gasteiger partial charge is 0.444 e. The van der Waals surface area contributed by atoms with Gasteiger partial charge >= 0.3 is 6.09 Å². The molecular formula is C25H42N4O3. The second kappa shape index (κ2) is 10.7. The Morgan fingerprint density at radius 2 is 1.78 bits per heavy atom. The van der Waals surface area contributed by atoms with Gasteiger partial charge in [-0.05, 0) is 77.0 Å². The molecule has 3 heterocycles. The summed E-state index contributed by atoms with van der Waals surface area (Å²) in [5.41, 5.74) is 0.227. The molecule has 2 amide bonds. The summed E-state index contributed by atoms with van der Waals surface area (Å²) in [4.78, 5) is 29.4. The van der Waals surface area contributed by atoms with Crippen molar-refractivity contribution in [2.45, 2.75) is 71.9 Å². The summed E-state index contributed by atoms with van der Waals surface area (Å²) in [5.74, 6) is 1.52. The number of hydrogen-bond donors (Lipinski definition) is 1. The number of nitrogens with zero attached hydrogens (tertiary/aromatic N) is 3. The highest BCUT2D eigenvalue weighted by atomic mass is 16.6.